The normalized spacial score (nSPS) is 15.1. The zero-order valence-electron chi connectivity index (χ0n) is 11.3. The molecule has 5 nitrogen and oxygen atoms in total. The highest BCUT2D eigenvalue weighted by Gasteiger charge is 2.27. The first-order valence-corrected chi connectivity index (χ1v) is 6.55. The van der Waals surface area contributed by atoms with Gasteiger partial charge in [0.2, 0.25) is 5.91 Å². The van der Waals surface area contributed by atoms with Crippen molar-refractivity contribution in [1.82, 2.24) is 9.80 Å². The van der Waals surface area contributed by atoms with E-state index in [0.717, 1.165) is 5.56 Å². The zero-order chi connectivity index (χ0) is 14.4. The van der Waals surface area contributed by atoms with Gasteiger partial charge in [0, 0.05) is 19.6 Å². The molecule has 0 aromatic heterocycles. The summed E-state index contributed by atoms with van der Waals surface area (Å²) in [5, 5.41) is 0. The molecule has 1 aromatic rings. The molecule has 2 rings (SSSR count). The molecule has 0 unspecified atom stereocenters. The number of ether oxygens (including phenoxy) is 1. The van der Waals surface area contributed by atoms with E-state index in [0.29, 0.717) is 19.6 Å². The van der Waals surface area contributed by atoms with Gasteiger partial charge in [-0.25, -0.2) is 4.79 Å². The Hall–Kier alpha value is -2.30. The van der Waals surface area contributed by atoms with Gasteiger partial charge in [0.15, 0.2) is 0 Å². The predicted molar refractivity (Wildman–Crippen MR) is 75.0 cm³/mol. The maximum Gasteiger partial charge on any atom is 0.410 e. The summed E-state index contributed by atoms with van der Waals surface area (Å²) < 4.78 is 5.21. The smallest absolute Gasteiger partial charge is 0.410 e. The highest BCUT2D eigenvalue weighted by atomic mass is 16.6. The Morgan fingerprint density at radius 1 is 1.30 bits per heavy atom. The van der Waals surface area contributed by atoms with Crippen molar-refractivity contribution < 1.29 is 14.3 Å². The average Bonchev–Trinajstić information content (AvgIpc) is 2.48. The van der Waals surface area contributed by atoms with Crippen LogP contribution in [0.4, 0.5) is 4.79 Å². The summed E-state index contributed by atoms with van der Waals surface area (Å²) in [6, 6.07) is 9.46. The van der Waals surface area contributed by atoms with Crippen LogP contribution in [0.25, 0.3) is 0 Å². The lowest BCUT2D eigenvalue weighted by Crippen LogP contribution is -2.52. The molecule has 5 heteroatoms. The second-order valence-corrected chi connectivity index (χ2v) is 4.59. The van der Waals surface area contributed by atoms with Crippen molar-refractivity contribution in [2.75, 3.05) is 26.2 Å². The predicted octanol–water partition coefficient (Wildman–Crippen LogP) is 1.65. The Morgan fingerprint density at radius 3 is 2.70 bits per heavy atom. The summed E-state index contributed by atoms with van der Waals surface area (Å²) in [6.45, 7) is 5.43. The maximum absolute atomic E-state index is 11.9. The van der Waals surface area contributed by atoms with E-state index in [1.54, 1.807) is 11.0 Å². The van der Waals surface area contributed by atoms with E-state index in [-0.39, 0.29) is 19.1 Å². The van der Waals surface area contributed by atoms with Crippen LogP contribution in [-0.2, 0) is 16.1 Å². The zero-order valence-corrected chi connectivity index (χ0v) is 11.3. The lowest BCUT2D eigenvalue weighted by molar-refractivity contribution is -0.134. The molecule has 1 fully saturated rings. The number of piperazine rings is 1. The Balaban J connectivity index is 1.82. The highest BCUT2D eigenvalue weighted by Crippen LogP contribution is 2.07. The SMILES string of the molecule is C=CCN1CCN(C(=O)OCc2ccccc2)CC1=O. The van der Waals surface area contributed by atoms with Gasteiger partial charge in [-0.2, -0.15) is 0 Å². The Morgan fingerprint density at radius 2 is 2.05 bits per heavy atom. The van der Waals surface area contributed by atoms with E-state index in [2.05, 4.69) is 6.58 Å². The monoisotopic (exact) mass is 274 g/mol. The van der Waals surface area contributed by atoms with Crippen molar-refractivity contribution in [1.29, 1.82) is 0 Å². The van der Waals surface area contributed by atoms with Crippen molar-refractivity contribution in [3.63, 3.8) is 0 Å². The van der Waals surface area contributed by atoms with Gasteiger partial charge in [-0.15, -0.1) is 6.58 Å². The van der Waals surface area contributed by atoms with E-state index >= 15 is 0 Å². The van der Waals surface area contributed by atoms with E-state index in [1.165, 1.54) is 4.90 Å². The topological polar surface area (TPSA) is 49.9 Å². The number of amides is 2. The summed E-state index contributed by atoms with van der Waals surface area (Å²) in [5.41, 5.74) is 0.928. The Kier molecular flexibility index (Phi) is 4.76. The number of hydrogen-bond donors (Lipinski definition) is 0. The minimum Gasteiger partial charge on any atom is -0.445 e. The fourth-order valence-corrected chi connectivity index (χ4v) is 2.02. The quantitative estimate of drug-likeness (QED) is 0.784. The largest absolute Gasteiger partial charge is 0.445 e. The second-order valence-electron chi connectivity index (χ2n) is 4.59. The molecular formula is C15H18N2O3. The van der Waals surface area contributed by atoms with E-state index < -0.39 is 6.09 Å². The minimum atomic E-state index is -0.444. The van der Waals surface area contributed by atoms with Crippen LogP contribution >= 0.6 is 0 Å². The molecule has 1 saturated heterocycles. The Bertz CT molecular complexity index is 487. The number of benzene rings is 1. The molecule has 0 atom stereocenters. The van der Waals surface area contributed by atoms with Gasteiger partial charge in [0.1, 0.15) is 13.2 Å². The molecule has 20 heavy (non-hydrogen) atoms. The van der Waals surface area contributed by atoms with Crippen molar-refractivity contribution in [3.05, 3.63) is 48.6 Å². The highest BCUT2D eigenvalue weighted by molar-refractivity contribution is 5.83. The van der Waals surface area contributed by atoms with Crippen LogP contribution in [-0.4, -0.2) is 48.0 Å². The van der Waals surface area contributed by atoms with Crippen LogP contribution in [0.5, 0.6) is 0 Å². The third-order valence-corrected chi connectivity index (χ3v) is 3.13. The van der Waals surface area contributed by atoms with Crippen molar-refractivity contribution in [2.24, 2.45) is 0 Å². The summed E-state index contributed by atoms with van der Waals surface area (Å²) in [4.78, 5) is 26.8. The summed E-state index contributed by atoms with van der Waals surface area (Å²) in [6.07, 6.45) is 1.24. The van der Waals surface area contributed by atoms with Gasteiger partial charge in [-0.1, -0.05) is 36.4 Å². The maximum atomic E-state index is 11.9. The lowest BCUT2D eigenvalue weighted by Gasteiger charge is -2.33. The lowest BCUT2D eigenvalue weighted by atomic mass is 10.2. The number of carbonyl (C=O) groups excluding carboxylic acids is 2. The number of rotatable bonds is 4. The van der Waals surface area contributed by atoms with Crippen LogP contribution in [0.15, 0.2) is 43.0 Å². The Labute approximate surface area is 118 Å². The first-order valence-electron chi connectivity index (χ1n) is 6.55. The molecule has 0 radical (unpaired) electrons. The van der Waals surface area contributed by atoms with Crippen LogP contribution in [0.2, 0.25) is 0 Å². The summed E-state index contributed by atoms with van der Waals surface area (Å²) >= 11 is 0. The van der Waals surface area contributed by atoms with E-state index in [9.17, 15) is 9.59 Å². The summed E-state index contributed by atoms with van der Waals surface area (Å²) in [7, 11) is 0. The molecular weight excluding hydrogens is 256 g/mol. The van der Waals surface area contributed by atoms with Crippen LogP contribution in [0.3, 0.4) is 0 Å². The third kappa shape index (κ3) is 3.60. The van der Waals surface area contributed by atoms with Crippen molar-refractivity contribution in [3.8, 4) is 0 Å². The van der Waals surface area contributed by atoms with Crippen molar-refractivity contribution in [2.45, 2.75) is 6.61 Å². The van der Waals surface area contributed by atoms with Gasteiger partial charge >= 0.3 is 6.09 Å². The molecule has 1 aliphatic heterocycles. The van der Waals surface area contributed by atoms with Gasteiger partial charge in [-0.05, 0) is 5.56 Å². The van der Waals surface area contributed by atoms with E-state index in [4.69, 9.17) is 4.74 Å². The number of nitrogens with zero attached hydrogens (tertiary/aromatic N) is 2. The minimum absolute atomic E-state index is 0.0709. The molecule has 1 heterocycles. The molecule has 0 bridgehead atoms. The van der Waals surface area contributed by atoms with Crippen molar-refractivity contribution >= 4 is 12.0 Å². The number of hydrogen-bond acceptors (Lipinski definition) is 3. The van der Waals surface area contributed by atoms with Gasteiger partial charge in [-0.3, -0.25) is 9.69 Å². The standard InChI is InChI=1S/C15H18N2O3/c1-2-8-16-9-10-17(11-14(16)18)15(19)20-12-13-6-4-3-5-7-13/h2-7H,1,8-12H2. The second kappa shape index (κ2) is 6.75. The fraction of sp³-hybridized carbons (Fsp3) is 0.333. The molecule has 1 aromatic carbocycles. The first kappa shape index (κ1) is 14.1. The van der Waals surface area contributed by atoms with Gasteiger partial charge in [0.25, 0.3) is 0 Å². The molecule has 2 amide bonds. The molecule has 0 N–H and O–H groups in total. The molecule has 106 valence electrons. The third-order valence-electron chi connectivity index (χ3n) is 3.13. The van der Waals surface area contributed by atoms with Crippen LogP contribution in [0.1, 0.15) is 5.56 Å². The van der Waals surface area contributed by atoms with Gasteiger partial charge < -0.3 is 9.64 Å². The molecule has 0 aliphatic carbocycles. The molecule has 0 saturated carbocycles. The summed E-state index contributed by atoms with van der Waals surface area (Å²) in [5.74, 6) is -0.0761. The molecule has 1 aliphatic rings. The average molecular weight is 274 g/mol. The number of carbonyl (C=O) groups is 2. The van der Waals surface area contributed by atoms with Gasteiger partial charge in [0.05, 0.1) is 0 Å². The molecule has 0 spiro atoms. The first-order chi connectivity index (χ1) is 9.70. The van der Waals surface area contributed by atoms with Crippen LogP contribution in [0, 0.1) is 0 Å². The fourth-order valence-electron chi connectivity index (χ4n) is 2.02. The van der Waals surface area contributed by atoms with E-state index in [1.807, 2.05) is 30.3 Å². The van der Waals surface area contributed by atoms with Crippen LogP contribution < -0.4 is 0 Å².